The fraction of sp³-hybridized carbons (Fsp3) is 0.438. The Balaban J connectivity index is 1.77. The predicted molar refractivity (Wildman–Crippen MR) is 86.4 cm³/mol. The van der Waals surface area contributed by atoms with Crippen LogP contribution in [0.15, 0.2) is 22.4 Å². The summed E-state index contributed by atoms with van der Waals surface area (Å²) in [7, 11) is 0. The summed E-state index contributed by atoms with van der Waals surface area (Å²) in [5, 5.41) is 5.67. The first-order valence-corrected chi connectivity index (χ1v) is 8.41. The Hall–Kier alpha value is -1.95. The average molecular weight is 317 g/mol. The van der Waals surface area contributed by atoms with Gasteiger partial charge in [0.15, 0.2) is 0 Å². The highest BCUT2D eigenvalue weighted by molar-refractivity contribution is 7.09. The summed E-state index contributed by atoms with van der Waals surface area (Å²) in [6.45, 7) is 4.21. The first-order valence-electron chi connectivity index (χ1n) is 7.53. The molecule has 1 N–H and O–H groups in total. The van der Waals surface area contributed by atoms with E-state index in [9.17, 15) is 9.59 Å². The lowest BCUT2D eigenvalue weighted by molar-refractivity contribution is 0.0948. The topological polar surface area (TPSA) is 64.0 Å². The summed E-state index contributed by atoms with van der Waals surface area (Å²) in [6.07, 6.45) is 4.71. The number of pyridine rings is 1. The minimum atomic E-state index is -0.314. The number of rotatable bonds is 5. The first kappa shape index (κ1) is 15.0. The smallest absolute Gasteiger partial charge is 0.263 e. The van der Waals surface area contributed by atoms with Gasteiger partial charge in [0.05, 0.1) is 12.2 Å². The highest BCUT2D eigenvalue weighted by Crippen LogP contribution is 2.33. The Morgan fingerprint density at radius 1 is 1.50 bits per heavy atom. The first-order chi connectivity index (χ1) is 10.6. The van der Waals surface area contributed by atoms with Crippen molar-refractivity contribution in [2.75, 3.05) is 0 Å². The molecule has 0 bridgehead atoms. The van der Waals surface area contributed by atoms with Gasteiger partial charge < -0.3 is 9.88 Å². The maximum atomic E-state index is 12.5. The third kappa shape index (κ3) is 2.97. The van der Waals surface area contributed by atoms with E-state index in [2.05, 4.69) is 10.3 Å². The Bertz CT molecular complexity index is 759. The number of carbonyl (C=O) groups is 1. The molecule has 0 radical (unpaired) electrons. The normalized spacial score (nSPS) is 14.1. The number of nitrogens with one attached hydrogen (secondary N) is 1. The van der Waals surface area contributed by atoms with E-state index in [4.69, 9.17) is 0 Å². The molecule has 2 aromatic rings. The van der Waals surface area contributed by atoms with Crippen LogP contribution in [0, 0.1) is 6.92 Å². The van der Waals surface area contributed by atoms with Gasteiger partial charge in [-0.25, -0.2) is 4.98 Å². The van der Waals surface area contributed by atoms with Gasteiger partial charge in [-0.05, 0) is 37.8 Å². The molecular formula is C16H19N3O2S. The van der Waals surface area contributed by atoms with Crippen molar-refractivity contribution in [3.8, 4) is 0 Å². The van der Waals surface area contributed by atoms with Crippen molar-refractivity contribution in [1.29, 1.82) is 0 Å². The largest absolute Gasteiger partial charge is 0.345 e. The van der Waals surface area contributed by atoms with Crippen LogP contribution in [-0.2, 0) is 13.0 Å². The molecule has 0 atom stereocenters. The molecule has 0 aliphatic heterocycles. The van der Waals surface area contributed by atoms with Gasteiger partial charge in [0.2, 0.25) is 0 Å². The zero-order valence-electron chi connectivity index (χ0n) is 12.8. The summed E-state index contributed by atoms with van der Waals surface area (Å²) in [6, 6.07) is 2.11. The zero-order valence-corrected chi connectivity index (χ0v) is 13.6. The maximum Gasteiger partial charge on any atom is 0.263 e. The summed E-state index contributed by atoms with van der Waals surface area (Å²) >= 11 is 1.53. The van der Waals surface area contributed by atoms with E-state index < -0.39 is 0 Å². The van der Waals surface area contributed by atoms with Gasteiger partial charge in [-0.15, -0.1) is 11.3 Å². The highest BCUT2D eigenvalue weighted by Gasteiger charge is 2.26. The number of aromatic nitrogens is 2. The van der Waals surface area contributed by atoms with E-state index in [1.165, 1.54) is 11.3 Å². The molecule has 6 heteroatoms. The molecule has 116 valence electrons. The molecule has 2 heterocycles. The van der Waals surface area contributed by atoms with Gasteiger partial charge in [-0.1, -0.05) is 6.92 Å². The molecule has 1 aliphatic rings. The van der Waals surface area contributed by atoms with E-state index in [0.29, 0.717) is 12.1 Å². The lowest BCUT2D eigenvalue weighted by atomic mass is 10.1. The van der Waals surface area contributed by atoms with Crippen molar-refractivity contribution in [3.05, 3.63) is 49.8 Å². The molecular weight excluding hydrogens is 298 g/mol. The quantitative estimate of drug-likeness (QED) is 0.921. The molecule has 22 heavy (non-hydrogen) atoms. The number of hydrogen-bond acceptors (Lipinski definition) is 4. The van der Waals surface area contributed by atoms with Crippen molar-refractivity contribution in [1.82, 2.24) is 14.9 Å². The van der Waals surface area contributed by atoms with Crippen LogP contribution in [0.4, 0.5) is 0 Å². The fourth-order valence-electron chi connectivity index (χ4n) is 2.39. The number of amides is 1. The van der Waals surface area contributed by atoms with Crippen molar-refractivity contribution in [2.45, 2.75) is 45.7 Å². The standard InChI is InChI=1S/C16H19N3O2S/c1-3-11-9-22-13(18-11)8-17-15(20)14-10(2)6-7-19(16(14)21)12-4-5-12/h6-7,9,12H,3-5,8H2,1-2H3,(H,17,20). The van der Waals surface area contributed by atoms with Gasteiger partial charge >= 0.3 is 0 Å². The summed E-state index contributed by atoms with van der Waals surface area (Å²) < 4.78 is 1.68. The number of hydrogen-bond donors (Lipinski definition) is 1. The van der Waals surface area contributed by atoms with E-state index in [1.807, 2.05) is 18.4 Å². The Labute approximate surface area is 133 Å². The predicted octanol–water partition coefficient (Wildman–Crippen LogP) is 2.44. The van der Waals surface area contributed by atoms with Gasteiger partial charge in [0.1, 0.15) is 10.6 Å². The Morgan fingerprint density at radius 3 is 2.91 bits per heavy atom. The Kier molecular flexibility index (Phi) is 4.11. The fourth-order valence-corrected chi connectivity index (χ4v) is 3.21. The second kappa shape index (κ2) is 6.04. The lowest BCUT2D eigenvalue weighted by Gasteiger charge is -2.10. The average Bonchev–Trinajstić information content (AvgIpc) is 3.23. The van der Waals surface area contributed by atoms with Crippen LogP contribution < -0.4 is 10.9 Å². The minimum Gasteiger partial charge on any atom is -0.345 e. The maximum absolute atomic E-state index is 12.5. The van der Waals surface area contributed by atoms with Crippen LogP contribution in [0.25, 0.3) is 0 Å². The van der Waals surface area contributed by atoms with Crippen LogP contribution >= 0.6 is 11.3 Å². The monoisotopic (exact) mass is 317 g/mol. The van der Waals surface area contributed by atoms with E-state index in [1.54, 1.807) is 17.7 Å². The zero-order chi connectivity index (χ0) is 15.7. The third-order valence-corrected chi connectivity index (χ3v) is 4.75. The molecule has 0 unspecified atom stereocenters. The SMILES string of the molecule is CCc1csc(CNC(=O)c2c(C)ccn(C3CC3)c2=O)n1. The molecule has 1 aliphatic carbocycles. The van der Waals surface area contributed by atoms with Crippen LogP contribution in [-0.4, -0.2) is 15.5 Å². The van der Waals surface area contributed by atoms with Crippen LogP contribution in [0.2, 0.25) is 0 Å². The van der Waals surface area contributed by atoms with Crippen LogP contribution in [0.3, 0.4) is 0 Å². The van der Waals surface area contributed by atoms with Crippen molar-refractivity contribution < 1.29 is 4.79 Å². The minimum absolute atomic E-state index is 0.187. The molecule has 3 rings (SSSR count). The molecule has 1 amide bonds. The third-order valence-electron chi connectivity index (χ3n) is 3.86. The highest BCUT2D eigenvalue weighted by atomic mass is 32.1. The van der Waals surface area contributed by atoms with Gasteiger partial charge in [0.25, 0.3) is 11.5 Å². The summed E-state index contributed by atoms with van der Waals surface area (Å²) in [5.41, 5.74) is 1.81. The van der Waals surface area contributed by atoms with Gasteiger partial charge in [-0.3, -0.25) is 9.59 Å². The molecule has 1 saturated carbocycles. The number of thiazole rings is 1. The van der Waals surface area contributed by atoms with E-state index >= 15 is 0 Å². The lowest BCUT2D eigenvalue weighted by Crippen LogP contribution is -2.33. The molecule has 2 aromatic heterocycles. The van der Waals surface area contributed by atoms with Gasteiger partial charge in [-0.2, -0.15) is 0 Å². The number of carbonyl (C=O) groups excluding carboxylic acids is 1. The number of aryl methyl sites for hydroxylation is 2. The van der Waals surface area contributed by atoms with Crippen LogP contribution in [0.5, 0.6) is 0 Å². The van der Waals surface area contributed by atoms with Crippen molar-refractivity contribution in [2.24, 2.45) is 0 Å². The Morgan fingerprint density at radius 2 is 2.27 bits per heavy atom. The van der Waals surface area contributed by atoms with Gasteiger partial charge in [0, 0.05) is 17.6 Å². The molecule has 0 saturated heterocycles. The van der Waals surface area contributed by atoms with E-state index in [0.717, 1.165) is 30.0 Å². The van der Waals surface area contributed by atoms with E-state index in [-0.39, 0.29) is 23.1 Å². The van der Waals surface area contributed by atoms with Crippen molar-refractivity contribution in [3.63, 3.8) is 0 Å². The molecule has 1 fully saturated rings. The summed E-state index contributed by atoms with van der Waals surface area (Å²) in [4.78, 5) is 29.3. The number of nitrogens with zero attached hydrogens (tertiary/aromatic N) is 2. The van der Waals surface area contributed by atoms with Crippen molar-refractivity contribution >= 4 is 17.2 Å². The van der Waals surface area contributed by atoms with Crippen LogP contribution in [0.1, 0.15) is 52.4 Å². The summed E-state index contributed by atoms with van der Waals surface area (Å²) in [5.74, 6) is -0.314. The molecule has 0 aromatic carbocycles. The second-order valence-corrected chi connectivity index (χ2v) is 6.53. The molecule has 0 spiro atoms. The molecule has 5 nitrogen and oxygen atoms in total. The second-order valence-electron chi connectivity index (χ2n) is 5.59.